The Balaban J connectivity index is 1.39. The van der Waals surface area contributed by atoms with Gasteiger partial charge in [-0.05, 0) is 54.2 Å². The van der Waals surface area contributed by atoms with Crippen LogP contribution in [0.2, 0.25) is 0 Å². The molecule has 3 nitrogen and oxygen atoms in total. The Morgan fingerprint density at radius 1 is 0.968 bits per heavy atom. The third-order valence-corrected chi connectivity index (χ3v) is 5.97. The van der Waals surface area contributed by atoms with Gasteiger partial charge in [0.25, 0.3) is 0 Å². The highest BCUT2D eigenvalue weighted by Gasteiger charge is 2.27. The van der Waals surface area contributed by atoms with Gasteiger partial charge in [0.05, 0.1) is 5.69 Å². The number of benzene rings is 3. The summed E-state index contributed by atoms with van der Waals surface area (Å²) in [6.45, 7) is 2.88. The Labute approximate surface area is 182 Å². The van der Waals surface area contributed by atoms with Gasteiger partial charge in [0.2, 0.25) is 5.95 Å². The fourth-order valence-corrected chi connectivity index (χ4v) is 4.29. The van der Waals surface area contributed by atoms with Crippen molar-refractivity contribution in [2.45, 2.75) is 25.7 Å². The van der Waals surface area contributed by atoms with Crippen LogP contribution in [0.1, 0.15) is 33.7 Å². The SMILES string of the molecule is Cc1ccc(CCNc2ncc3c(n2)-c2ccccc2C(c2ccc(F)cc2)C3)cc1. The molecule has 0 radical (unpaired) electrons. The first-order valence-electron chi connectivity index (χ1n) is 10.7. The van der Waals surface area contributed by atoms with Crippen molar-refractivity contribution in [3.8, 4) is 11.3 Å². The summed E-state index contributed by atoms with van der Waals surface area (Å²) < 4.78 is 13.4. The zero-order valence-corrected chi connectivity index (χ0v) is 17.5. The van der Waals surface area contributed by atoms with Crippen molar-refractivity contribution >= 4 is 5.95 Å². The summed E-state index contributed by atoms with van der Waals surface area (Å²) in [5.74, 6) is 0.618. The lowest BCUT2D eigenvalue weighted by atomic mass is 9.78. The van der Waals surface area contributed by atoms with E-state index in [1.165, 1.54) is 28.8 Å². The Hall–Kier alpha value is -3.53. The van der Waals surface area contributed by atoms with Crippen molar-refractivity contribution in [2.75, 3.05) is 11.9 Å². The fourth-order valence-electron chi connectivity index (χ4n) is 4.29. The second-order valence-electron chi connectivity index (χ2n) is 8.13. The molecule has 0 saturated carbocycles. The molecule has 4 aromatic rings. The van der Waals surface area contributed by atoms with Crippen LogP contribution in [0.25, 0.3) is 11.3 Å². The van der Waals surface area contributed by atoms with E-state index in [9.17, 15) is 4.39 Å². The van der Waals surface area contributed by atoms with Crippen LogP contribution in [-0.2, 0) is 12.8 Å². The summed E-state index contributed by atoms with van der Waals surface area (Å²) in [5.41, 5.74) is 8.14. The fraction of sp³-hybridized carbons (Fsp3) is 0.185. The highest BCUT2D eigenvalue weighted by Crippen LogP contribution is 2.41. The van der Waals surface area contributed by atoms with Crippen LogP contribution in [-0.4, -0.2) is 16.5 Å². The topological polar surface area (TPSA) is 37.8 Å². The Kier molecular flexibility index (Phi) is 5.21. The lowest BCUT2D eigenvalue weighted by Crippen LogP contribution is -2.16. The van der Waals surface area contributed by atoms with Gasteiger partial charge in [0, 0.05) is 24.2 Å². The molecule has 1 aromatic heterocycles. The Morgan fingerprint density at radius 3 is 2.55 bits per heavy atom. The lowest BCUT2D eigenvalue weighted by Gasteiger charge is -2.27. The lowest BCUT2D eigenvalue weighted by molar-refractivity contribution is 0.626. The van der Waals surface area contributed by atoms with Gasteiger partial charge in [-0.1, -0.05) is 66.2 Å². The number of nitrogens with one attached hydrogen (secondary N) is 1. The predicted octanol–water partition coefficient (Wildman–Crippen LogP) is 5.93. The Morgan fingerprint density at radius 2 is 1.74 bits per heavy atom. The number of fused-ring (bicyclic) bond motifs is 3. The van der Waals surface area contributed by atoms with Crippen molar-refractivity contribution in [1.29, 1.82) is 0 Å². The molecule has 5 rings (SSSR count). The van der Waals surface area contributed by atoms with Crippen LogP contribution in [0.3, 0.4) is 0 Å². The normalized spacial score (nSPS) is 14.6. The summed E-state index contributed by atoms with van der Waals surface area (Å²) in [6.07, 6.45) is 3.66. The van der Waals surface area contributed by atoms with Crippen molar-refractivity contribution in [1.82, 2.24) is 9.97 Å². The molecule has 31 heavy (non-hydrogen) atoms. The van der Waals surface area contributed by atoms with Crippen LogP contribution in [0.5, 0.6) is 0 Å². The summed E-state index contributed by atoms with van der Waals surface area (Å²) in [6, 6.07) is 23.8. The van der Waals surface area contributed by atoms with Gasteiger partial charge >= 0.3 is 0 Å². The number of hydrogen-bond donors (Lipinski definition) is 1. The highest BCUT2D eigenvalue weighted by molar-refractivity contribution is 5.72. The molecule has 1 atom stereocenters. The minimum Gasteiger partial charge on any atom is -0.354 e. The molecule has 0 bridgehead atoms. The molecule has 154 valence electrons. The molecule has 0 aliphatic heterocycles. The highest BCUT2D eigenvalue weighted by atomic mass is 19.1. The molecule has 1 unspecified atom stereocenters. The van der Waals surface area contributed by atoms with Gasteiger partial charge in [-0.25, -0.2) is 14.4 Å². The monoisotopic (exact) mass is 409 g/mol. The maximum atomic E-state index is 13.4. The maximum absolute atomic E-state index is 13.4. The zero-order chi connectivity index (χ0) is 21.2. The molecular weight excluding hydrogens is 385 g/mol. The van der Waals surface area contributed by atoms with Crippen molar-refractivity contribution in [3.63, 3.8) is 0 Å². The van der Waals surface area contributed by atoms with Crippen LogP contribution < -0.4 is 5.32 Å². The van der Waals surface area contributed by atoms with Gasteiger partial charge in [-0.2, -0.15) is 0 Å². The van der Waals surface area contributed by atoms with E-state index in [2.05, 4.69) is 59.7 Å². The number of rotatable bonds is 5. The first-order chi connectivity index (χ1) is 15.2. The van der Waals surface area contributed by atoms with Crippen molar-refractivity contribution in [2.24, 2.45) is 0 Å². The molecule has 1 N–H and O–H groups in total. The summed E-state index contributed by atoms with van der Waals surface area (Å²) in [5, 5.41) is 3.37. The minimum atomic E-state index is -0.210. The number of nitrogens with zero attached hydrogens (tertiary/aromatic N) is 2. The summed E-state index contributed by atoms with van der Waals surface area (Å²) >= 11 is 0. The first kappa shape index (κ1) is 19.4. The van der Waals surface area contributed by atoms with Gasteiger partial charge in [0.15, 0.2) is 0 Å². The van der Waals surface area contributed by atoms with E-state index in [0.717, 1.165) is 41.8 Å². The largest absolute Gasteiger partial charge is 0.354 e. The van der Waals surface area contributed by atoms with E-state index in [-0.39, 0.29) is 11.7 Å². The third kappa shape index (κ3) is 4.06. The minimum absolute atomic E-state index is 0.174. The molecule has 0 spiro atoms. The smallest absolute Gasteiger partial charge is 0.223 e. The molecular formula is C27H24FN3. The van der Waals surface area contributed by atoms with E-state index >= 15 is 0 Å². The third-order valence-electron chi connectivity index (χ3n) is 5.97. The van der Waals surface area contributed by atoms with Crippen LogP contribution in [0, 0.1) is 12.7 Å². The number of aryl methyl sites for hydroxylation is 1. The molecule has 0 saturated heterocycles. The predicted molar refractivity (Wildman–Crippen MR) is 123 cm³/mol. The van der Waals surface area contributed by atoms with Crippen molar-refractivity contribution < 1.29 is 4.39 Å². The second kappa shape index (κ2) is 8.31. The van der Waals surface area contributed by atoms with Gasteiger partial charge < -0.3 is 5.32 Å². The molecule has 1 aliphatic rings. The van der Waals surface area contributed by atoms with E-state index < -0.39 is 0 Å². The molecule has 3 aromatic carbocycles. The maximum Gasteiger partial charge on any atom is 0.223 e. The summed E-state index contributed by atoms with van der Waals surface area (Å²) in [7, 11) is 0. The molecule has 1 heterocycles. The average Bonchev–Trinajstić information content (AvgIpc) is 2.80. The number of hydrogen-bond acceptors (Lipinski definition) is 3. The van der Waals surface area contributed by atoms with Gasteiger partial charge in [-0.15, -0.1) is 0 Å². The van der Waals surface area contributed by atoms with E-state index in [4.69, 9.17) is 4.98 Å². The number of anilines is 1. The van der Waals surface area contributed by atoms with Gasteiger partial charge in [-0.3, -0.25) is 0 Å². The quantitative estimate of drug-likeness (QED) is 0.444. The zero-order valence-electron chi connectivity index (χ0n) is 17.5. The van der Waals surface area contributed by atoms with Crippen molar-refractivity contribution in [3.05, 3.63) is 113 Å². The average molecular weight is 410 g/mol. The van der Waals surface area contributed by atoms with E-state index in [1.54, 1.807) is 0 Å². The standard InChI is InChI=1S/C27H24FN3/c1-18-6-8-19(9-7-18)14-15-29-27-30-17-21-16-25(20-10-12-22(28)13-11-20)23-4-2-3-5-24(23)26(21)31-27/h2-13,17,25H,14-16H2,1H3,(H,29,30,31). The molecule has 0 amide bonds. The van der Waals surface area contributed by atoms with E-state index in [1.807, 2.05) is 24.4 Å². The first-order valence-corrected chi connectivity index (χ1v) is 10.7. The summed E-state index contributed by atoms with van der Waals surface area (Å²) in [4.78, 5) is 9.43. The molecule has 0 fully saturated rings. The number of aromatic nitrogens is 2. The Bertz CT molecular complexity index is 1200. The number of halogens is 1. The van der Waals surface area contributed by atoms with Gasteiger partial charge in [0.1, 0.15) is 5.82 Å². The van der Waals surface area contributed by atoms with Crippen LogP contribution in [0.15, 0.2) is 79.0 Å². The van der Waals surface area contributed by atoms with Crippen LogP contribution >= 0.6 is 0 Å². The molecule has 4 heteroatoms. The van der Waals surface area contributed by atoms with E-state index in [0.29, 0.717) is 5.95 Å². The van der Waals surface area contributed by atoms with Crippen LogP contribution in [0.4, 0.5) is 10.3 Å². The second-order valence-corrected chi connectivity index (χ2v) is 8.13. The molecule has 1 aliphatic carbocycles.